The minimum atomic E-state index is -0.701. The highest BCUT2D eigenvalue weighted by Crippen LogP contribution is 2.71. The third-order valence-corrected chi connectivity index (χ3v) is 10.1. The molecule has 2 bridgehead atoms. The molecule has 1 N–H and O–H groups in total. The predicted molar refractivity (Wildman–Crippen MR) is 144 cm³/mol. The number of carbonyl (C=O) groups is 3. The zero-order valence-electron chi connectivity index (χ0n) is 22.0. The molecule has 0 radical (unpaired) electrons. The maximum Gasteiger partial charge on any atom is 0.311 e. The van der Waals surface area contributed by atoms with Gasteiger partial charge in [-0.2, -0.15) is 0 Å². The van der Waals surface area contributed by atoms with E-state index < -0.39 is 27.4 Å². The molecular formula is C28H38N2O6S. The highest BCUT2D eigenvalue weighted by atomic mass is 32.2. The van der Waals surface area contributed by atoms with Crippen LogP contribution >= 0.6 is 11.8 Å². The highest BCUT2D eigenvalue weighted by Gasteiger charge is 2.77. The Bertz CT molecular complexity index is 1030. The summed E-state index contributed by atoms with van der Waals surface area (Å²) in [5.74, 6) is -1.13. The zero-order valence-corrected chi connectivity index (χ0v) is 22.8. The van der Waals surface area contributed by atoms with E-state index in [9.17, 15) is 19.5 Å². The quantitative estimate of drug-likeness (QED) is 0.251. The lowest BCUT2D eigenvalue weighted by molar-refractivity contribution is -0.155. The molecule has 1 aromatic rings. The third kappa shape index (κ3) is 4.65. The number of likely N-dealkylation sites (tertiary alicyclic amines) is 1. The van der Waals surface area contributed by atoms with Crippen LogP contribution in [0.1, 0.15) is 46.0 Å². The molecule has 3 aliphatic rings. The summed E-state index contributed by atoms with van der Waals surface area (Å²) < 4.78 is 9.59. The van der Waals surface area contributed by atoms with Crippen LogP contribution in [0.4, 0.5) is 5.69 Å². The van der Waals surface area contributed by atoms with Crippen LogP contribution in [0.15, 0.2) is 36.9 Å². The molecule has 202 valence electrons. The second-order valence-corrected chi connectivity index (χ2v) is 12.1. The largest absolute Gasteiger partial charge is 0.497 e. The fourth-order valence-electron chi connectivity index (χ4n) is 6.47. The van der Waals surface area contributed by atoms with Crippen molar-refractivity contribution in [1.82, 2.24) is 4.90 Å². The molecule has 4 rings (SSSR count). The fraction of sp³-hybridized carbons (Fsp3) is 0.607. The molecule has 2 unspecified atom stereocenters. The molecule has 0 saturated carbocycles. The first-order valence-electron chi connectivity index (χ1n) is 13.1. The van der Waals surface area contributed by atoms with Crippen LogP contribution in [0, 0.1) is 11.8 Å². The summed E-state index contributed by atoms with van der Waals surface area (Å²) >= 11 is 1.64. The number of nitrogens with zero attached hydrogens (tertiary/aromatic N) is 2. The number of unbranched alkanes of at least 4 members (excludes halogenated alkanes) is 2. The Balaban J connectivity index is 1.74. The lowest BCUT2D eigenvalue weighted by Crippen LogP contribution is -2.55. The van der Waals surface area contributed by atoms with Crippen molar-refractivity contribution in [2.45, 2.75) is 61.5 Å². The molecule has 1 spiro atoms. The lowest BCUT2D eigenvalue weighted by Gasteiger charge is -2.37. The molecule has 9 heteroatoms. The minimum absolute atomic E-state index is 0.0899. The summed E-state index contributed by atoms with van der Waals surface area (Å²) in [6, 6.07) is 6.58. The molecular weight excluding hydrogens is 492 g/mol. The van der Waals surface area contributed by atoms with Gasteiger partial charge in [0, 0.05) is 30.1 Å². The van der Waals surface area contributed by atoms with Crippen LogP contribution < -0.4 is 9.64 Å². The van der Waals surface area contributed by atoms with E-state index in [1.54, 1.807) is 53.8 Å². The lowest BCUT2D eigenvalue weighted by atomic mass is 9.66. The van der Waals surface area contributed by atoms with Gasteiger partial charge in [0.2, 0.25) is 5.91 Å². The molecule has 3 aliphatic heterocycles. The number of anilines is 1. The van der Waals surface area contributed by atoms with Crippen molar-refractivity contribution in [3.63, 3.8) is 0 Å². The standard InChI is InChI=1S/C28H38N2O6S/c1-5-16-29(19-10-12-20(35-4)13-11-19)25(33)23-28-15-14-27(3,37-28)22(26(34)36-6-2)21(28)24(32)30(23)17-8-7-9-18-31/h5,10-13,21-23,31H,1,6-9,14-18H2,2-4H3/t21-,22+,23?,27-,28?/m0/s1. The van der Waals surface area contributed by atoms with E-state index in [0.717, 1.165) is 12.8 Å². The second kappa shape index (κ2) is 11.1. The normalized spacial score (nSPS) is 29.8. The monoisotopic (exact) mass is 530 g/mol. The molecule has 0 aliphatic carbocycles. The molecule has 2 amide bonds. The molecule has 5 atom stereocenters. The Kier molecular flexibility index (Phi) is 8.23. The number of thioether (sulfide) groups is 1. The number of carbonyl (C=O) groups excluding carboxylic acids is 3. The molecule has 3 saturated heterocycles. The average molecular weight is 531 g/mol. The summed E-state index contributed by atoms with van der Waals surface area (Å²) in [6.07, 6.45) is 5.18. The van der Waals surface area contributed by atoms with Crippen LogP contribution in [0.25, 0.3) is 0 Å². The second-order valence-electron chi connectivity index (χ2n) is 10.2. The van der Waals surface area contributed by atoms with E-state index in [2.05, 4.69) is 6.58 Å². The van der Waals surface area contributed by atoms with E-state index in [1.165, 1.54) is 0 Å². The van der Waals surface area contributed by atoms with Gasteiger partial charge in [0.25, 0.3) is 5.91 Å². The van der Waals surface area contributed by atoms with Crippen molar-refractivity contribution in [2.24, 2.45) is 11.8 Å². The first kappa shape index (κ1) is 27.5. The molecule has 8 nitrogen and oxygen atoms in total. The van der Waals surface area contributed by atoms with Gasteiger partial charge in [-0.15, -0.1) is 18.3 Å². The van der Waals surface area contributed by atoms with Crippen LogP contribution in [-0.4, -0.2) is 76.7 Å². The number of aliphatic hydroxyl groups excluding tert-OH is 1. The van der Waals surface area contributed by atoms with Gasteiger partial charge < -0.3 is 24.4 Å². The molecule has 3 heterocycles. The van der Waals surface area contributed by atoms with E-state index >= 15 is 0 Å². The highest BCUT2D eigenvalue weighted by molar-refractivity contribution is 8.02. The van der Waals surface area contributed by atoms with Crippen molar-refractivity contribution >= 4 is 35.2 Å². The van der Waals surface area contributed by atoms with Crippen LogP contribution in [0.2, 0.25) is 0 Å². The van der Waals surface area contributed by atoms with Crippen molar-refractivity contribution in [3.8, 4) is 5.75 Å². The average Bonchev–Trinajstić information content (AvgIpc) is 3.46. The zero-order chi connectivity index (χ0) is 26.8. The van der Waals surface area contributed by atoms with E-state index in [0.29, 0.717) is 37.2 Å². The number of hydrogen-bond donors (Lipinski definition) is 1. The number of amides is 2. The SMILES string of the molecule is C=CCN(C(=O)C1N(CCCCCO)C(=O)[C@@H]2[C@H](C(=O)OCC)[C@]3(C)CCC12S3)c1ccc(OC)cc1. The summed E-state index contributed by atoms with van der Waals surface area (Å²) in [4.78, 5) is 45.1. The summed E-state index contributed by atoms with van der Waals surface area (Å²) in [7, 11) is 1.59. The Labute approximate surface area is 223 Å². The fourth-order valence-corrected chi connectivity index (χ4v) is 8.81. The topological polar surface area (TPSA) is 96.4 Å². The first-order chi connectivity index (χ1) is 17.8. The Morgan fingerprint density at radius 1 is 1.24 bits per heavy atom. The van der Waals surface area contributed by atoms with Crippen LogP contribution in [0.3, 0.4) is 0 Å². The number of aliphatic hydroxyl groups is 1. The van der Waals surface area contributed by atoms with Gasteiger partial charge in [-0.1, -0.05) is 6.08 Å². The molecule has 0 aromatic heterocycles. The Morgan fingerprint density at radius 3 is 2.59 bits per heavy atom. The smallest absolute Gasteiger partial charge is 0.311 e. The van der Waals surface area contributed by atoms with Gasteiger partial charge in [0.15, 0.2) is 0 Å². The summed E-state index contributed by atoms with van der Waals surface area (Å²) in [5.41, 5.74) is 0.698. The summed E-state index contributed by atoms with van der Waals surface area (Å²) in [5, 5.41) is 9.22. The third-order valence-electron chi connectivity index (χ3n) is 8.07. The number of ether oxygens (including phenoxy) is 2. The van der Waals surface area contributed by atoms with Gasteiger partial charge in [0.1, 0.15) is 11.8 Å². The maximum atomic E-state index is 14.5. The van der Waals surface area contributed by atoms with E-state index in [1.807, 2.05) is 19.1 Å². The van der Waals surface area contributed by atoms with Crippen LogP contribution in [0.5, 0.6) is 5.75 Å². The van der Waals surface area contributed by atoms with Gasteiger partial charge in [-0.05, 0) is 70.2 Å². The number of esters is 1. The Morgan fingerprint density at radius 2 is 1.97 bits per heavy atom. The number of rotatable bonds is 12. The maximum absolute atomic E-state index is 14.5. The number of hydrogen-bond acceptors (Lipinski definition) is 7. The van der Waals surface area contributed by atoms with Crippen molar-refractivity contribution in [1.29, 1.82) is 0 Å². The van der Waals surface area contributed by atoms with E-state index in [-0.39, 0.29) is 37.5 Å². The first-order valence-corrected chi connectivity index (χ1v) is 13.9. The molecule has 37 heavy (non-hydrogen) atoms. The van der Waals surface area contributed by atoms with Gasteiger partial charge >= 0.3 is 5.97 Å². The molecule has 3 fully saturated rings. The van der Waals surface area contributed by atoms with Crippen molar-refractivity contribution in [3.05, 3.63) is 36.9 Å². The number of methoxy groups -OCH3 is 1. The number of benzene rings is 1. The van der Waals surface area contributed by atoms with Gasteiger partial charge in [-0.3, -0.25) is 14.4 Å². The predicted octanol–water partition coefficient (Wildman–Crippen LogP) is 3.42. The minimum Gasteiger partial charge on any atom is -0.497 e. The van der Waals surface area contributed by atoms with Crippen LogP contribution in [-0.2, 0) is 19.1 Å². The van der Waals surface area contributed by atoms with Gasteiger partial charge in [0.05, 0.1) is 30.3 Å². The molecule has 1 aromatic carbocycles. The Hall–Kier alpha value is -2.52. The van der Waals surface area contributed by atoms with Gasteiger partial charge in [-0.25, -0.2) is 0 Å². The van der Waals surface area contributed by atoms with E-state index in [4.69, 9.17) is 9.47 Å². The summed E-state index contributed by atoms with van der Waals surface area (Å²) in [6.45, 7) is 8.71. The van der Waals surface area contributed by atoms with Crippen molar-refractivity contribution < 1.29 is 29.0 Å². The number of fused-ring (bicyclic) bond motifs is 1. The van der Waals surface area contributed by atoms with Crippen molar-refractivity contribution in [2.75, 3.05) is 38.3 Å².